The van der Waals surface area contributed by atoms with Gasteiger partial charge in [-0.05, 0) is 36.8 Å². The van der Waals surface area contributed by atoms with Crippen LogP contribution < -0.4 is 0 Å². The van der Waals surface area contributed by atoms with E-state index in [0.717, 1.165) is 17.7 Å². The number of thiophene rings is 1. The summed E-state index contributed by atoms with van der Waals surface area (Å²) in [5, 5.41) is 11.0. The van der Waals surface area contributed by atoms with Gasteiger partial charge >= 0.3 is 5.97 Å². The van der Waals surface area contributed by atoms with E-state index < -0.39 is 12.0 Å². The van der Waals surface area contributed by atoms with Gasteiger partial charge in [-0.25, -0.2) is 4.79 Å². The van der Waals surface area contributed by atoms with Crippen LogP contribution in [0.15, 0.2) is 23.6 Å². The number of rotatable bonds is 3. The summed E-state index contributed by atoms with van der Waals surface area (Å²) in [5.74, 6) is -1.12. The van der Waals surface area contributed by atoms with Crippen LogP contribution in [0.4, 0.5) is 0 Å². The third kappa shape index (κ3) is 2.98. The Morgan fingerprint density at radius 1 is 1.44 bits per heavy atom. The quantitative estimate of drug-likeness (QED) is 0.853. The fourth-order valence-electron chi connectivity index (χ4n) is 2.09. The predicted octanol–water partition coefficient (Wildman–Crippen LogP) is 2.23. The molecular formula is C13H15NO3S. The second-order valence-corrected chi connectivity index (χ2v) is 5.21. The van der Waals surface area contributed by atoms with Crippen LogP contribution in [0.2, 0.25) is 0 Å². The summed E-state index contributed by atoms with van der Waals surface area (Å²) in [5.41, 5.74) is 0. The lowest BCUT2D eigenvalue weighted by molar-refractivity contribution is -0.150. The summed E-state index contributed by atoms with van der Waals surface area (Å²) in [6, 6.07) is 3.16. The Kier molecular flexibility index (Phi) is 4.15. The first kappa shape index (κ1) is 12.8. The van der Waals surface area contributed by atoms with Crippen molar-refractivity contribution in [2.45, 2.75) is 25.3 Å². The molecule has 2 rings (SSSR count). The van der Waals surface area contributed by atoms with Crippen LogP contribution in [-0.4, -0.2) is 34.5 Å². The van der Waals surface area contributed by atoms with Crippen molar-refractivity contribution in [3.05, 3.63) is 28.5 Å². The smallest absolute Gasteiger partial charge is 0.326 e. The highest BCUT2D eigenvalue weighted by Gasteiger charge is 2.30. The number of carboxylic acids is 1. The first-order chi connectivity index (χ1) is 8.68. The van der Waals surface area contributed by atoms with E-state index in [0.29, 0.717) is 13.0 Å². The van der Waals surface area contributed by atoms with Gasteiger partial charge in [-0.1, -0.05) is 6.07 Å². The van der Waals surface area contributed by atoms with Gasteiger partial charge in [0.25, 0.3) is 0 Å². The Bertz CT molecular complexity index is 453. The van der Waals surface area contributed by atoms with Gasteiger partial charge in [0.05, 0.1) is 0 Å². The zero-order valence-electron chi connectivity index (χ0n) is 9.91. The monoisotopic (exact) mass is 265 g/mol. The van der Waals surface area contributed by atoms with E-state index in [9.17, 15) is 9.59 Å². The maximum Gasteiger partial charge on any atom is 0.326 e. The molecule has 1 fully saturated rings. The van der Waals surface area contributed by atoms with Crippen LogP contribution in [0.1, 0.15) is 24.1 Å². The molecule has 1 atom stereocenters. The number of piperidine rings is 1. The Morgan fingerprint density at radius 3 is 2.94 bits per heavy atom. The van der Waals surface area contributed by atoms with E-state index in [4.69, 9.17) is 5.11 Å². The summed E-state index contributed by atoms with van der Waals surface area (Å²) >= 11 is 1.54. The minimum Gasteiger partial charge on any atom is -0.480 e. The summed E-state index contributed by atoms with van der Waals surface area (Å²) in [6.45, 7) is 0.532. The molecule has 1 N–H and O–H groups in total. The van der Waals surface area contributed by atoms with Crippen molar-refractivity contribution >= 4 is 29.3 Å². The summed E-state index contributed by atoms with van der Waals surface area (Å²) in [7, 11) is 0. The molecule has 0 unspecified atom stereocenters. The van der Waals surface area contributed by atoms with Gasteiger partial charge in [-0.15, -0.1) is 11.3 Å². The minimum absolute atomic E-state index is 0.212. The number of carbonyl (C=O) groups excluding carboxylic acids is 1. The Morgan fingerprint density at radius 2 is 2.28 bits per heavy atom. The van der Waals surface area contributed by atoms with E-state index in [1.807, 2.05) is 17.5 Å². The predicted molar refractivity (Wildman–Crippen MR) is 70.3 cm³/mol. The van der Waals surface area contributed by atoms with Crippen molar-refractivity contribution < 1.29 is 14.7 Å². The molecule has 0 aliphatic carbocycles. The fraction of sp³-hybridized carbons (Fsp3) is 0.385. The molecule has 5 heteroatoms. The summed E-state index contributed by atoms with van der Waals surface area (Å²) in [4.78, 5) is 25.5. The van der Waals surface area contributed by atoms with Crippen LogP contribution in [-0.2, 0) is 9.59 Å². The Balaban J connectivity index is 2.04. The van der Waals surface area contributed by atoms with Gasteiger partial charge in [0.2, 0.25) is 5.91 Å². The molecule has 1 saturated heterocycles. The molecule has 2 heterocycles. The van der Waals surface area contributed by atoms with Crippen molar-refractivity contribution in [1.29, 1.82) is 0 Å². The molecule has 1 amide bonds. The average Bonchev–Trinajstić information content (AvgIpc) is 2.89. The summed E-state index contributed by atoms with van der Waals surface area (Å²) < 4.78 is 0. The number of carboxylic acid groups (broad SMARTS) is 1. The van der Waals surface area contributed by atoms with E-state index in [1.54, 1.807) is 17.4 Å². The second kappa shape index (κ2) is 5.82. The van der Waals surface area contributed by atoms with Crippen molar-refractivity contribution in [3.8, 4) is 0 Å². The molecule has 96 valence electrons. The van der Waals surface area contributed by atoms with Gasteiger partial charge in [0, 0.05) is 17.5 Å². The molecular weight excluding hydrogens is 250 g/mol. The average molecular weight is 265 g/mol. The molecule has 1 aliphatic heterocycles. The normalized spacial score (nSPS) is 20.2. The SMILES string of the molecule is O=C(O)[C@H]1CCCCN1C(=O)C=Cc1cccs1. The van der Waals surface area contributed by atoms with Crippen LogP contribution in [0.25, 0.3) is 6.08 Å². The van der Waals surface area contributed by atoms with Gasteiger partial charge in [-0.2, -0.15) is 0 Å². The third-order valence-corrected chi connectivity index (χ3v) is 3.84. The number of nitrogens with zero attached hydrogens (tertiary/aromatic N) is 1. The van der Waals surface area contributed by atoms with Crippen LogP contribution in [0.3, 0.4) is 0 Å². The fourth-order valence-corrected chi connectivity index (χ4v) is 2.71. The van der Waals surface area contributed by atoms with Crippen molar-refractivity contribution in [2.75, 3.05) is 6.54 Å². The van der Waals surface area contributed by atoms with Crippen molar-refractivity contribution in [3.63, 3.8) is 0 Å². The molecule has 18 heavy (non-hydrogen) atoms. The molecule has 0 aromatic carbocycles. The molecule has 0 bridgehead atoms. The molecule has 0 saturated carbocycles. The van der Waals surface area contributed by atoms with E-state index in [2.05, 4.69) is 0 Å². The van der Waals surface area contributed by atoms with Crippen molar-refractivity contribution in [2.24, 2.45) is 0 Å². The van der Waals surface area contributed by atoms with Gasteiger partial charge < -0.3 is 10.0 Å². The number of amides is 1. The topological polar surface area (TPSA) is 57.6 Å². The van der Waals surface area contributed by atoms with Gasteiger partial charge in [0.1, 0.15) is 6.04 Å². The lowest BCUT2D eigenvalue weighted by atomic mass is 10.0. The molecule has 0 radical (unpaired) electrons. The van der Waals surface area contributed by atoms with E-state index in [1.165, 1.54) is 11.0 Å². The first-order valence-electron chi connectivity index (χ1n) is 5.93. The number of carbonyl (C=O) groups is 2. The maximum absolute atomic E-state index is 12.0. The molecule has 1 aliphatic rings. The summed E-state index contributed by atoms with van der Waals surface area (Å²) in [6.07, 6.45) is 5.50. The Hall–Kier alpha value is -1.62. The minimum atomic E-state index is -0.910. The lowest BCUT2D eigenvalue weighted by Gasteiger charge is -2.32. The number of hydrogen-bond donors (Lipinski definition) is 1. The highest BCUT2D eigenvalue weighted by Crippen LogP contribution is 2.18. The van der Waals surface area contributed by atoms with Crippen LogP contribution >= 0.6 is 11.3 Å². The molecule has 4 nitrogen and oxygen atoms in total. The van der Waals surface area contributed by atoms with E-state index >= 15 is 0 Å². The van der Waals surface area contributed by atoms with E-state index in [-0.39, 0.29) is 5.91 Å². The Labute approximate surface area is 110 Å². The largest absolute Gasteiger partial charge is 0.480 e. The molecule has 1 aromatic heterocycles. The van der Waals surface area contributed by atoms with Crippen LogP contribution in [0, 0.1) is 0 Å². The number of hydrogen-bond acceptors (Lipinski definition) is 3. The molecule has 1 aromatic rings. The highest BCUT2D eigenvalue weighted by molar-refractivity contribution is 7.10. The van der Waals surface area contributed by atoms with Crippen molar-refractivity contribution in [1.82, 2.24) is 4.90 Å². The van der Waals surface area contributed by atoms with Gasteiger partial charge in [0.15, 0.2) is 0 Å². The van der Waals surface area contributed by atoms with Crippen LogP contribution in [0.5, 0.6) is 0 Å². The molecule has 0 spiro atoms. The number of likely N-dealkylation sites (tertiary alicyclic amines) is 1. The highest BCUT2D eigenvalue weighted by atomic mass is 32.1. The lowest BCUT2D eigenvalue weighted by Crippen LogP contribution is -2.47. The standard InChI is InChI=1S/C13H15NO3S/c15-12(7-6-10-4-3-9-18-10)14-8-2-1-5-11(14)13(16)17/h3-4,6-7,9,11H,1-2,5,8H2,(H,16,17)/t11-/m1/s1. The first-order valence-corrected chi connectivity index (χ1v) is 6.81. The zero-order chi connectivity index (χ0) is 13.0. The third-order valence-electron chi connectivity index (χ3n) is 3.00. The number of aliphatic carboxylic acids is 1. The second-order valence-electron chi connectivity index (χ2n) is 4.23. The zero-order valence-corrected chi connectivity index (χ0v) is 10.7. The van der Waals surface area contributed by atoms with Gasteiger partial charge in [-0.3, -0.25) is 4.79 Å². The maximum atomic E-state index is 12.0.